The Morgan fingerprint density at radius 1 is 0.973 bits per heavy atom. The second-order valence-electron chi connectivity index (χ2n) is 9.50. The number of sulfonamides is 1. The van der Waals surface area contributed by atoms with Crippen LogP contribution in [0.2, 0.25) is 0 Å². The Labute approximate surface area is 222 Å². The highest BCUT2D eigenvalue weighted by atomic mass is 32.2. The highest BCUT2D eigenvalue weighted by Gasteiger charge is 2.39. The molecule has 0 saturated carbocycles. The first-order chi connectivity index (χ1) is 17.8. The standard InChI is InChI=1S/C27H43N3O6S/c1-4-6-8-10-11-16-25(31)30-19-18-29(21-24(30)26(32)28-17-12-9-7-5-2)37(34,35)23-15-13-14-22(20-23)27(33)36-3/h13-15,20,24H,4-12,16-19,21H2,1-3H3,(H,28,32)/t24-/m0/s1. The van der Waals surface area contributed by atoms with Crippen LogP contribution in [-0.4, -0.2) is 74.7 Å². The lowest BCUT2D eigenvalue weighted by Crippen LogP contribution is -2.61. The lowest BCUT2D eigenvalue weighted by molar-refractivity contribution is -0.142. The normalized spacial score (nSPS) is 16.4. The van der Waals surface area contributed by atoms with Crippen LogP contribution >= 0.6 is 0 Å². The first-order valence-corrected chi connectivity index (χ1v) is 15.0. The number of esters is 1. The molecule has 0 bridgehead atoms. The van der Waals surface area contributed by atoms with Gasteiger partial charge < -0.3 is 15.0 Å². The van der Waals surface area contributed by atoms with Crippen LogP contribution in [0.25, 0.3) is 0 Å². The maximum atomic E-state index is 13.4. The Morgan fingerprint density at radius 2 is 1.65 bits per heavy atom. The third-order valence-corrected chi connectivity index (χ3v) is 8.54. The van der Waals surface area contributed by atoms with Crippen LogP contribution < -0.4 is 5.32 Å². The SMILES string of the molecule is CCCCCCCC(=O)N1CCN(S(=O)(=O)c2cccc(C(=O)OC)c2)C[C@H]1C(=O)NCCCCCC. The van der Waals surface area contributed by atoms with E-state index in [-0.39, 0.29) is 41.9 Å². The van der Waals surface area contributed by atoms with Crippen molar-refractivity contribution in [2.75, 3.05) is 33.3 Å². The zero-order chi connectivity index (χ0) is 27.3. The molecule has 1 heterocycles. The van der Waals surface area contributed by atoms with Crippen LogP contribution in [0.15, 0.2) is 29.2 Å². The van der Waals surface area contributed by atoms with Crippen molar-refractivity contribution >= 4 is 27.8 Å². The van der Waals surface area contributed by atoms with Crippen molar-refractivity contribution in [1.29, 1.82) is 0 Å². The second kappa shape index (κ2) is 15.7. The molecular weight excluding hydrogens is 494 g/mol. The molecule has 0 aliphatic carbocycles. The van der Waals surface area contributed by atoms with Gasteiger partial charge in [-0.25, -0.2) is 13.2 Å². The van der Waals surface area contributed by atoms with E-state index in [0.29, 0.717) is 13.0 Å². The molecule has 1 N–H and O–H groups in total. The van der Waals surface area contributed by atoms with Gasteiger partial charge in [0.25, 0.3) is 0 Å². The number of carbonyl (C=O) groups excluding carboxylic acids is 3. The predicted octanol–water partition coefficient (Wildman–Crippen LogP) is 3.73. The molecule has 0 unspecified atom stereocenters. The Bertz CT molecular complexity index is 998. The lowest BCUT2D eigenvalue weighted by atomic mass is 10.1. The summed E-state index contributed by atoms with van der Waals surface area (Å²) in [4.78, 5) is 39.6. The fourth-order valence-electron chi connectivity index (χ4n) is 4.45. The average Bonchev–Trinajstić information content (AvgIpc) is 2.91. The van der Waals surface area contributed by atoms with E-state index >= 15 is 0 Å². The molecule has 1 atom stereocenters. The van der Waals surface area contributed by atoms with Crippen molar-refractivity contribution in [2.24, 2.45) is 0 Å². The number of nitrogens with zero attached hydrogens (tertiary/aromatic N) is 2. The molecule has 2 amide bonds. The summed E-state index contributed by atoms with van der Waals surface area (Å²) in [5, 5.41) is 2.91. The second-order valence-corrected chi connectivity index (χ2v) is 11.4. The molecule has 2 rings (SSSR count). The Kier molecular flexibility index (Phi) is 13.1. The molecule has 0 aromatic heterocycles. The van der Waals surface area contributed by atoms with E-state index in [9.17, 15) is 22.8 Å². The highest BCUT2D eigenvalue weighted by Crippen LogP contribution is 2.23. The number of nitrogens with one attached hydrogen (secondary N) is 1. The van der Waals surface area contributed by atoms with Crippen molar-refractivity contribution in [3.8, 4) is 0 Å². The molecule has 208 valence electrons. The maximum Gasteiger partial charge on any atom is 0.337 e. The van der Waals surface area contributed by atoms with E-state index in [4.69, 9.17) is 4.74 Å². The number of amides is 2. The minimum atomic E-state index is -3.99. The first kappa shape index (κ1) is 30.8. The number of hydrogen-bond acceptors (Lipinski definition) is 6. The van der Waals surface area contributed by atoms with Gasteiger partial charge >= 0.3 is 5.97 Å². The van der Waals surface area contributed by atoms with Crippen molar-refractivity contribution in [1.82, 2.24) is 14.5 Å². The Balaban J connectivity index is 2.17. The monoisotopic (exact) mass is 537 g/mol. The molecule has 1 aromatic carbocycles. The van der Waals surface area contributed by atoms with Gasteiger partial charge in [0.05, 0.1) is 17.6 Å². The van der Waals surface area contributed by atoms with E-state index in [1.807, 2.05) is 0 Å². The van der Waals surface area contributed by atoms with Gasteiger partial charge in [-0.3, -0.25) is 9.59 Å². The van der Waals surface area contributed by atoms with Gasteiger partial charge in [-0.2, -0.15) is 4.31 Å². The third-order valence-electron chi connectivity index (χ3n) is 6.68. The number of carbonyl (C=O) groups is 3. The van der Waals surface area contributed by atoms with Crippen LogP contribution in [0.5, 0.6) is 0 Å². The number of hydrogen-bond donors (Lipinski definition) is 1. The largest absolute Gasteiger partial charge is 0.465 e. The molecule has 9 nitrogen and oxygen atoms in total. The van der Waals surface area contributed by atoms with E-state index in [1.54, 1.807) is 0 Å². The fourth-order valence-corrected chi connectivity index (χ4v) is 5.94. The Morgan fingerprint density at radius 3 is 2.32 bits per heavy atom. The lowest BCUT2D eigenvalue weighted by Gasteiger charge is -2.40. The molecule has 10 heteroatoms. The summed E-state index contributed by atoms with van der Waals surface area (Å²) < 4.78 is 32.8. The van der Waals surface area contributed by atoms with Gasteiger partial charge in [-0.1, -0.05) is 64.9 Å². The van der Waals surface area contributed by atoms with Crippen LogP contribution in [0, 0.1) is 0 Å². The number of methoxy groups -OCH3 is 1. The van der Waals surface area contributed by atoms with E-state index in [0.717, 1.165) is 57.8 Å². The molecule has 0 radical (unpaired) electrons. The number of rotatable bonds is 15. The number of unbranched alkanes of at least 4 members (excludes halogenated alkanes) is 7. The summed E-state index contributed by atoms with van der Waals surface area (Å²) >= 11 is 0. The smallest absolute Gasteiger partial charge is 0.337 e. The summed E-state index contributed by atoms with van der Waals surface area (Å²) in [6.45, 7) is 4.82. The fraction of sp³-hybridized carbons (Fsp3) is 0.667. The van der Waals surface area contributed by atoms with Gasteiger partial charge in [0.15, 0.2) is 0 Å². The van der Waals surface area contributed by atoms with Crippen molar-refractivity contribution in [3.63, 3.8) is 0 Å². The van der Waals surface area contributed by atoms with Gasteiger partial charge in [0, 0.05) is 32.6 Å². The van der Waals surface area contributed by atoms with E-state index < -0.39 is 22.0 Å². The molecule has 1 fully saturated rings. The molecule has 37 heavy (non-hydrogen) atoms. The first-order valence-electron chi connectivity index (χ1n) is 13.5. The average molecular weight is 538 g/mol. The molecule has 0 spiro atoms. The van der Waals surface area contributed by atoms with Gasteiger partial charge in [-0.05, 0) is 31.0 Å². The van der Waals surface area contributed by atoms with Crippen LogP contribution in [0.3, 0.4) is 0 Å². The Hall–Kier alpha value is -2.46. The maximum absolute atomic E-state index is 13.4. The summed E-state index contributed by atoms with van der Waals surface area (Å²) in [6.07, 6.45) is 9.37. The van der Waals surface area contributed by atoms with Crippen LogP contribution in [0.4, 0.5) is 0 Å². The zero-order valence-corrected chi connectivity index (χ0v) is 23.4. The summed E-state index contributed by atoms with van der Waals surface area (Å²) in [7, 11) is -2.76. The quantitative estimate of drug-likeness (QED) is 0.269. The van der Waals surface area contributed by atoms with Crippen LogP contribution in [0.1, 0.15) is 88.4 Å². The molecule has 1 aliphatic rings. The molecule has 1 saturated heterocycles. The van der Waals surface area contributed by atoms with Gasteiger partial charge in [0.2, 0.25) is 21.8 Å². The highest BCUT2D eigenvalue weighted by molar-refractivity contribution is 7.89. The predicted molar refractivity (Wildman–Crippen MR) is 143 cm³/mol. The molecule has 1 aromatic rings. The van der Waals surface area contributed by atoms with Crippen LogP contribution in [-0.2, 0) is 24.3 Å². The van der Waals surface area contributed by atoms with E-state index in [1.165, 1.54) is 40.6 Å². The van der Waals surface area contributed by atoms with Crippen molar-refractivity contribution in [3.05, 3.63) is 29.8 Å². The zero-order valence-electron chi connectivity index (χ0n) is 22.5. The van der Waals surface area contributed by atoms with Gasteiger partial charge in [-0.15, -0.1) is 0 Å². The topological polar surface area (TPSA) is 113 Å². The number of benzene rings is 1. The third kappa shape index (κ3) is 9.10. The minimum absolute atomic E-state index is 0.0511. The molecule has 1 aliphatic heterocycles. The summed E-state index contributed by atoms with van der Waals surface area (Å²) in [5.41, 5.74) is 0.127. The summed E-state index contributed by atoms with van der Waals surface area (Å²) in [6, 6.07) is 4.76. The minimum Gasteiger partial charge on any atom is -0.465 e. The van der Waals surface area contributed by atoms with Crippen molar-refractivity contribution in [2.45, 2.75) is 89.0 Å². The molecular formula is C27H43N3O6S. The number of ether oxygens (including phenoxy) is 1. The number of piperazine rings is 1. The van der Waals surface area contributed by atoms with Gasteiger partial charge in [0.1, 0.15) is 6.04 Å². The summed E-state index contributed by atoms with van der Waals surface area (Å²) in [5.74, 6) is -1.09. The van der Waals surface area contributed by atoms with Crippen molar-refractivity contribution < 1.29 is 27.5 Å². The van der Waals surface area contributed by atoms with E-state index in [2.05, 4.69) is 19.2 Å².